The molecule has 15 heavy (non-hydrogen) atoms. The van der Waals surface area contributed by atoms with Crippen molar-refractivity contribution in [2.75, 3.05) is 0 Å². The van der Waals surface area contributed by atoms with Gasteiger partial charge in [0.25, 0.3) is 0 Å². The first kappa shape index (κ1) is 11.8. The molecule has 1 N–H and O–H groups in total. The maximum Gasteiger partial charge on any atom is 0.313 e. The Morgan fingerprint density at radius 3 is 2.33 bits per heavy atom. The zero-order valence-corrected chi connectivity index (χ0v) is 9.96. The van der Waals surface area contributed by atoms with Crippen molar-refractivity contribution < 1.29 is 9.90 Å². The van der Waals surface area contributed by atoms with Gasteiger partial charge >= 0.3 is 5.97 Å². The van der Waals surface area contributed by atoms with Gasteiger partial charge in [0, 0.05) is 17.8 Å². The van der Waals surface area contributed by atoms with Crippen molar-refractivity contribution in [3.63, 3.8) is 0 Å². The Morgan fingerprint density at radius 2 is 2.00 bits per heavy atom. The Balaban J connectivity index is 3.37. The number of hydrogen-bond acceptors (Lipinski definition) is 2. The summed E-state index contributed by atoms with van der Waals surface area (Å²) in [6, 6.07) is 0. The van der Waals surface area contributed by atoms with E-state index >= 15 is 0 Å². The van der Waals surface area contributed by atoms with Gasteiger partial charge in [-0.25, -0.2) is 0 Å². The lowest BCUT2D eigenvalue weighted by atomic mass is 9.83. The normalized spacial score (nSPS) is 11.8. The number of aliphatic carboxylic acids is 1. The molecule has 0 saturated heterocycles. The molecule has 0 spiro atoms. The standard InChI is InChI=1S/C11H18N2O2/c1-6-13-8(3)9(7(2)12-13)11(4,5)10(14)15/h6H2,1-5H3,(H,14,15). The predicted molar refractivity (Wildman–Crippen MR) is 58.0 cm³/mol. The van der Waals surface area contributed by atoms with Gasteiger partial charge in [0.1, 0.15) is 0 Å². The second-order valence-electron chi connectivity index (χ2n) is 4.29. The molecule has 0 amide bonds. The van der Waals surface area contributed by atoms with E-state index in [0.717, 1.165) is 23.5 Å². The molecule has 1 aromatic heterocycles. The molecule has 0 fully saturated rings. The molecule has 0 aliphatic carbocycles. The summed E-state index contributed by atoms with van der Waals surface area (Å²) in [4.78, 5) is 11.2. The summed E-state index contributed by atoms with van der Waals surface area (Å²) >= 11 is 0. The summed E-state index contributed by atoms with van der Waals surface area (Å²) in [5.41, 5.74) is 1.71. The van der Waals surface area contributed by atoms with Crippen LogP contribution in [-0.2, 0) is 16.8 Å². The monoisotopic (exact) mass is 210 g/mol. The molecule has 0 bridgehead atoms. The Labute approximate surface area is 89.9 Å². The third kappa shape index (κ3) is 1.76. The number of carboxylic acids is 1. The van der Waals surface area contributed by atoms with Gasteiger partial charge in [0.05, 0.1) is 11.1 Å². The molecule has 0 aromatic carbocycles. The molecule has 4 heteroatoms. The average molecular weight is 210 g/mol. The van der Waals surface area contributed by atoms with E-state index in [-0.39, 0.29) is 0 Å². The summed E-state index contributed by atoms with van der Waals surface area (Å²) in [6.07, 6.45) is 0. The SMILES string of the molecule is CCn1nc(C)c(C(C)(C)C(=O)O)c1C. The molecule has 0 aliphatic heterocycles. The number of aryl methyl sites for hydroxylation is 2. The zero-order chi connectivity index (χ0) is 11.8. The lowest BCUT2D eigenvalue weighted by Gasteiger charge is -2.20. The molecule has 0 saturated carbocycles. The molecule has 1 rings (SSSR count). The molecule has 1 heterocycles. The van der Waals surface area contributed by atoms with Crippen molar-refractivity contribution in [3.8, 4) is 0 Å². The number of hydrogen-bond donors (Lipinski definition) is 1. The summed E-state index contributed by atoms with van der Waals surface area (Å²) in [6.45, 7) is 9.97. The first-order valence-electron chi connectivity index (χ1n) is 5.10. The first-order chi connectivity index (χ1) is 6.82. The predicted octanol–water partition coefficient (Wildman–Crippen LogP) is 1.88. The molecule has 84 valence electrons. The van der Waals surface area contributed by atoms with Gasteiger partial charge in [0.2, 0.25) is 0 Å². The number of aromatic nitrogens is 2. The van der Waals surface area contributed by atoms with E-state index < -0.39 is 11.4 Å². The molecule has 1 aromatic rings. The maximum atomic E-state index is 11.2. The van der Waals surface area contributed by atoms with Gasteiger partial charge in [-0.05, 0) is 34.6 Å². The van der Waals surface area contributed by atoms with Crippen molar-refractivity contribution in [2.45, 2.75) is 46.6 Å². The molecular weight excluding hydrogens is 192 g/mol. The van der Waals surface area contributed by atoms with Gasteiger partial charge in [-0.1, -0.05) is 0 Å². The van der Waals surface area contributed by atoms with Crippen molar-refractivity contribution in [3.05, 3.63) is 17.0 Å². The average Bonchev–Trinajstić information content (AvgIpc) is 2.41. The van der Waals surface area contributed by atoms with Crippen LogP contribution in [0.4, 0.5) is 0 Å². The lowest BCUT2D eigenvalue weighted by Crippen LogP contribution is -2.29. The van der Waals surface area contributed by atoms with Crippen LogP contribution in [0.2, 0.25) is 0 Å². The van der Waals surface area contributed by atoms with Crippen LogP contribution in [0.25, 0.3) is 0 Å². The molecular formula is C11H18N2O2. The summed E-state index contributed by atoms with van der Waals surface area (Å²) in [5.74, 6) is -0.815. The van der Waals surface area contributed by atoms with E-state index in [4.69, 9.17) is 0 Å². The second-order valence-corrected chi connectivity index (χ2v) is 4.29. The van der Waals surface area contributed by atoms with Crippen LogP contribution in [0.5, 0.6) is 0 Å². The highest BCUT2D eigenvalue weighted by Gasteiger charge is 2.34. The Bertz CT molecular complexity index is 392. The van der Waals surface area contributed by atoms with E-state index in [1.54, 1.807) is 13.8 Å². The number of rotatable bonds is 3. The Kier molecular flexibility index (Phi) is 2.88. The Morgan fingerprint density at radius 1 is 1.47 bits per heavy atom. The minimum absolute atomic E-state index is 0.766. The van der Waals surface area contributed by atoms with Gasteiger partial charge in [-0.3, -0.25) is 9.48 Å². The minimum atomic E-state index is -0.873. The largest absolute Gasteiger partial charge is 0.481 e. The van der Waals surface area contributed by atoms with Gasteiger partial charge < -0.3 is 5.11 Å². The summed E-state index contributed by atoms with van der Waals surface area (Å²) in [7, 11) is 0. The summed E-state index contributed by atoms with van der Waals surface area (Å²) < 4.78 is 1.84. The molecule has 0 atom stereocenters. The van der Waals surface area contributed by atoms with E-state index in [9.17, 15) is 9.90 Å². The fraction of sp³-hybridized carbons (Fsp3) is 0.636. The fourth-order valence-electron chi connectivity index (χ4n) is 2.02. The third-order valence-corrected chi connectivity index (χ3v) is 2.84. The van der Waals surface area contributed by atoms with Crippen LogP contribution in [0.3, 0.4) is 0 Å². The summed E-state index contributed by atoms with van der Waals surface area (Å²) in [5, 5.41) is 13.5. The molecule has 0 unspecified atom stereocenters. The lowest BCUT2D eigenvalue weighted by molar-refractivity contribution is -0.142. The van der Waals surface area contributed by atoms with Crippen molar-refractivity contribution in [1.82, 2.24) is 9.78 Å². The quantitative estimate of drug-likeness (QED) is 0.828. The third-order valence-electron chi connectivity index (χ3n) is 2.84. The number of carboxylic acid groups (broad SMARTS) is 1. The first-order valence-corrected chi connectivity index (χ1v) is 5.10. The number of nitrogens with zero attached hydrogens (tertiary/aromatic N) is 2. The second kappa shape index (κ2) is 3.68. The van der Waals surface area contributed by atoms with Crippen LogP contribution in [-0.4, -0.2) is 20.9 Å². The van der Waals surface area contributed by atoms with Crippen LogP contribution in [0.15, 0.2) is 0 Å². The van der Waals surface area contributed by atoms with Gasteiger partial charge in [-0.2, -0.15) is 5.10 Å². The van der Waals surface area contributed by atoms with E-state index in [1.807, 2.05) is 25.5 Å². The smallest absolute Gasteiger partial charge is 0.313 e. The van der Waals surface area contributed by atoms with Crippen LogP contribution in [0, 0.1) is 13.8 Å². The highest BCUT2D eigenvalue weighted by atomic mass is 16.4. The van der Waals surface area contributed by atoms with E-state index in [2.05, 4.69) is 5.10 Å². The number of carbonyl (C=O) groups is 1. The van der Waals surface area contributed by atoms with Crippen molar-refractivity contribution in [1.29, 1.82) is 0 Å². The highest BCUT2D eigenvalue weighted by Crippen LogP contribution is 2.29. The minimum Gasteiger partial charge on any atom is -0.481 e. The van der Waals surface area contributed by atoms with Gasteiger partial charge in [0.15, 0.2) is 0 Å². The molecule has 0 aliphatic rings. The van der Waals surface area contributed by atoms with Crippen molar-refractivity contribution in [2.24, 2.45) is 0 Å². The van der Waals surface area contributed by atoms with Crippen molar-refractivity contribution >= 4 is 5.97 Å². The molecule has 4 nitrogen and oxygen atoms in total. The van der Waals surface area contributed by atoms with Crippen LogP contribution < -0.4 is 0 Å². The van der Waals surface area contributed by atoms with Gasteiger partial charge in [-0.15, -0.1) is 0 Å². The Hall–Kier alpha value is -1.32. The van der Waals surface area contributed by atoms with E-state index in [1.165, 1.54) is 0 Å². The molecule has 0 radical (unpaired) electrons. The van der Waals surface area contributed by atoms with Crippen LogP contribution in [0.1, 0.15) is 37.7 Å². The topological polar surface area (TPSA) is 55.1 Å². The fourth-order valence-corrected chi connectivity index (χ4v) is 2.02. The van der Waals surface area contributed by atoms with E-state index in [0.29, 0.717) is 0 Å². The maximum absolute atomic E-state index is 11.2. The highest BCUT2D eigenvalue weighted by molar-refractivity contribution is 5.81. The zero-order valence-electron chi connectivity index (χ0n) is 9.96. The van der Waals surface area contributed by atoms with Crippen LogP contribution >= 0.6 is 0 Å².